The summed E-state index contributed by atoms with van der Waals surface area (Å²) in [5.41, 5.74) is 2.36. The van der Waals surface area contributed by atoms with E-state index < -0.39 is 35.6 Å². The van der Waals surface area contributed by atoms with Crippen LogP contribution in [0.25, 0.3) is 10.9 Å². The lowest BCUT2D eigenvalue weighted by Crippen LogP contribution is -2.41. The average molecular weight is 560 g/mol. The van der Waals surface area contributed by atoms with E-state index in [0.717, 1.165) is 28.6 Å². The van der Waals surface area contributed by atoms with Crippen molar-refractivity contribution in [3.8, 4) is 0 Å². The van der Waals surface area contributed by atoms with E-state index in [2.05, 4.69) is 42.2 Å². The summed E-state index contributed by atoms with van der Waals surface area (Å²) >= 11 is 0. The van der Waals surface area contributed by atoms with Gasteiger partial charge in [0.15, 0.2) is 6.73 Å². The summed E-state index contributed by atoms with van der Waals surface area (Å²) in [5.74, 6) is -1.11. The van der Waals surface area contributed by atoms with Crippen molar-refractivity contribution < 1.29 is 23.9 Å². The predicted octanol–water partition coefficient (Wildman–Crippen LogP) is 4.44. The Morgan fingerprint density at radius 2 is 1.73 bits per heavy atom. The van der Waals surface area contributed by atoms with E-state index in [0.29, 0.717) is 24.2 Å². The molecule has 0 spiro atoms. The fourth-order valence-corrected chi connectivity index (χ4v) is 5.51. The SMILES string of the molecule is Cc1cc(C)c2nn(C3CCN(C(=O)c4ccc([C@@]5(C)NC(=O)N(COC(=O)C(C)(C)C)C5=O)cc4)CC3)cc2c1. The van der Waals surface area contributed by atoms with Gasteiger partial charge in [-0.15, -0.1) is 0 Å². The molecule has 2 saturated heterocycles. The average Bonchev–Trinajstić information content (AvgIpc) is 3.45. The molecule has 0 aliphatic carbocycles. The number of carbonyl (C=O) groups is 4. The lowest BCUT2D eigenvalue weighted by Gasteiger charge is -2.32. The molecular weight excluding hydrogens is 522 g/mol. The molecule has 10 heteroatoms. The highest BCUT2D eigenvalue weighted by atomic mass is 16.5. The Balaban J connectivity index is 1.22. The zero-order chi connectivity index (χ0) is 29.7. The van der Waals surface area contributed by atoms with Crippen LogP contribution in [-0.4, -0.2) is 63.2 Å². The summed E-state index contributed by atoms with van der Waals surface area (Å²) in [5, 5.41) is 8.67. The van der Waals surface area contributed by atoms with Crippen molar-refractivity contribution in [1.82, 2.24) is 24.9 Å². The van der Waals surface area contributed by atoms with Crippen LogP contribution < -0.4 is 5.32 Å². The molecule has 216 valence electrons. The van der Waals surface area contributed by atoms with Gasteiger partial charge in [-0.3, -0.25) is 19.1 Å². The first-order valence-electron chi connectivity index (χ1n) is 14.0. The molecule has 0 bridgehead atoms. The summed E-state index contributed by atoms with van der Waals surface area (Å²) in [7, 11) is 0. The largest absolute Gasteiger partial charge is 0.443 e. The second-order valence-electron chi connectivity index (χ2n) is 12.3. The first-order chi connectivity index (χ1) is 19.3. The van der Waals surface area contributed by atoms with Crippen LogP contribution in [0.5, 0.6) is 0 Å². The normalized spacial score (nSPS) is 20.0. The highest BCUT2D eigenvalue weighted by Gasteiger charge is 2.49. The van der Waals surface area contributed by atoms with E-state index in [9.17, 15) is 19.2 Å². The minimum absolute atomic E-state index is 0.0743. The van der Waals surface area contributed by atoms with Crippen molar-refractivity contribution >= 4 is 34.7 Å². The van der Waals surface area contributed by atoms with Crippen LogP contribution in [0.4, 0.5) is 4.79 Å². The van der Waals surface area contributed by atoms with Gasteiger partial charge in [0.05, 0.1) is 17.0 Å². The number of hydrogen-bond donors (Lipinski definition) is 1. The number of rotatable bonds is 5. The maximum atomic E-state index is 13.3. The Morgan fingerprint density at radius 3 is 2.37 bits per heavy atom. The van der Waals surface area contributed by atoms with E-state index in [4.69, 9.17) is 9.84 Å². The van der Waals surface area contributed by atoms with E-state index in [1.807, 2.05) is 4.90 Å². The molecule has 3 aromatic rings. The number of piperidine rings is 1. The number of imide groups is 1. The monoisotopic (exact) mass is 559 g/mol. The number of nitrogens with zero attached hydrogens (tertiary/aromatic N) is 4. The number of urea groups is 1. The van der Waals surface area contributed by atoms with E-state index >= 15 is 0 Å². The molecule has 0 saturated carbocycles. The van der Waals surface area contributed by atoms with Gasteiger partial charge in [0, 0.05) is 30.2 Å². The number of aromatic nitrogens is 2. The van der Waals surface area contributed by atoms with Crippen molar-refractivity contribution in [3.63, 3.8) is 0 Å². The molecule has 3 heterocycles. The van der Waals surface area contributed by atoms with E-state index in [-0.39, 0.29) is 11.9 Å². The van der Waals surface area contributed by atoms with Crippen molar-refractivity contribution in [2.45, 2.75) is 66.0 Å². The second kappa shape index (κ2) is 10.3. The number of esters is 1. The molecule has 10 nitrogen and oxygen atoms in total. The molecule has 1 N–H and O–H groups in total. The number of fused-ring (bicyclic) bond motifs is 1. The lowest BCUT2D eigenvalue weighted by molar-refractivity contribution is -0.158. The first kappa shape index (κ1) is 28.3. The van der Waals surface area contributed by atoms with Crippen LogP contribution in [0.2, 0.25) is 0 Å². The highest BCUT2D eigenvalue weighted by molar-refractivity contribution is 6.07. The summed E-state index contributed by atoms with van der Waals surface area (Å²) in [6, 6.07) is 10.6. The van der Waals surface area contributed by atoms with Crippen molar-refractivity contribution in [1.29, 1.82) is 0 Å². The predicted molar refractivity (Wildman–Crippen MR) is 153 cm³/mol. The number of benzene rings is 2. The Kier molecular flexibility index (Phi) is 7.13. The molecule has 1 aromatic heterocycles. The second-order valence-corrected chi connectivity index (χ2v) is 12.3. The van der Waals surface area contributed by atoms with Crippen molar-refractivity contribution in [3.05, 3.63) is 64.8 Å². The van der Waals surface area contributed by atoms with Crippen LogP contribution >= 0.6 is 0 Å². The first-order valence-corrected chi connectivity index (χ1v) is 14.0. The Morgan fingerprint density at radius 1 is 1.07 bits per heavy atom. The highest BCUT2D eigenvalue weighted by Crippen LogP contribution is 2.31. The van der Waals surface area contributed by atoms with Gasteiger partial charge in [0.25, 0.3) is 11.8 Å². The van der Waals surface area contributed by atoms with Crippen molar-refractivity contribution in [2.24, 2.45) is 5.41 Å². The maximum absolute atomic E-state index is 13.3. The zero-order valence-corrected chi connectivity index (χ0v) is 24.5. The van der Waals surface area contributed by atoms with Gasteiger partial charge in [-0.25, -0.2) is 9.69 Å². The molecule has 2 aliphatic heterocycles. The van der Waals surface area contributed by atoms with Crippen LogP contribution in [0, 0.1) is 19.3 Å². The molecule has 41 heavy (non-hydrogen) atoms. The molecule has 2 aromatic carbocycles. The number of amides is 4. The topological polar surface area (TPSA) is 114 Å². The van der Waals surface area contributed by atoms with Crippen molar-refractivity contribution in [2.75, 3.05) is 19.8 Å². The molecule has 4 amide bonds. The molecule has 2 aliphatic rings. The van der Waals surface area contributed by atoms with Crippen LogP contribution in [-0.2, 0) is 19.9 Å². The number of nitrogens with one attached hydrogen (secondary N) is 1. The minimum atomic E-state index is -1.34. The summed E-state index contributed by atoms with van der Waals surface area (Å²) in [4.78, 5) is 53.9. The quantitative estimate of drug-likeness (QED) is 0.365. The van der Waals surface area contributed by atoms with E-state index in [1.54, 1.807) is 52.0 Å². The van der Waals surface area contributed by atoms with Gasteiger partial charge in [-0.2, -0.15) is 5.10 Å². The lowest BCUT2D eigenvalue weighted by atomic mass is 9.91. The van der Waals surface area contributed by atoms with Crippen LogP contribution in [0.3, 0.4) is 0 Å². The van der Waals surface area contributed by atoms with Gasteiger partial charge >= 0.3 is 12.0 Å². The minimum Gasteiger partial charge on any atom is -0.443 e. The summed E-state index contributed by atoms with van der Waals surface area (Å²) in [6.07, 6.45) is 3.73. The molecular formula is C31H37N5O5. The van der Waals surface area contributed by atoms with Gasteiger partial charge < -0.3 is 15.0 Å². The van der Waals surface area contributed by atoms with Gasteiger partial charge in [-0.1, -0.05) is 23.8 Å². The fraction of sp³-hybridized carbons (Fsp3) is 0.452. The van der Waals surface area contributed by atoms with Gasteiger partial charge in [-0.05, 0) is 83.7 Å². The third kappa shape index (κ3) is 5.30. The third-order valence-electron chi connectivity index (χ3n) is 8.01. The third-order valence-corrected chi connectivity index (χ3v) is 8.01. The number of likely N-dealkylation sites (tertiary alicyclic amines) is 1. The number of carbonyl (C=O) groups excluding carboxylic acids is 4. The van der Waals surface area contributed by atoms with Gasteiger partial charge in [0.2, 0.25) is 0 Å². The summed E-state index contributed by atoms with van der Waals surface area (Å²) < 4.78 is 7.24. The standard InChI is InChI=1S/C31H37N5O5/c1-19-15-20(2)25-22(16-19)17-36(33-25)24-11-13-34(14-12-24)26(37)21-7-9-23(10-8-21)31(6)27(38)35(29(40)32-31)18-41-28(39)30(3,4)5/h7-10,15-17,24H,11-14,18H2,1-6H3,(H,32,40)/t31-/m1/s1. The van der Waals surface area contributed by atoms with Crippen LogP contribution in [0.15, 0.2) is 42.6 Å². The number of aryl methyl sites for hydroxylation is 2. The molecule has 0 unspecified atom stereocenters. The molecule has 1 atom stereocenters. The van der Waals surface area contributed by atoms with E-state index in [1.165, 1.54) is 11.1 Å². The van der Waals surface area contributed by atoms with Gasteiger partial charge in [0.1, 0.15) is 5.54 Å². The Labute approximate surface area is 239 Å². The zero-order valence-electron chi connectivity index (χ0n) is 24.5. The Bertz CT molecular complexity index is 1530. The smallest absolute Gasteiger partial charge is 0.328 e. The fourth-order valence-electron chi connectivity index (χ4n) is 5.51. The Hall–Kier alpha value is -4.21. The summed E-state index contributed by atoms with van der Waals surface area (Å²) in [6.45, 7) is 11.6. The number of hydrogen-bond acceptors (Lipinski definition) is 6. The maximum Gasteiger partial charge on any atom is 0.328 e. The molecule has 5 rings (SSSR count). The van der Waals surface area contributed by atoms with Crippen LogP contribution in [0.1, 0.15) is 73.6 Å². The molecule has 0 radical (unpaired) electrons. The number of ether oxygens (including phenoxy) is 1. The molecule has 2 fully saturated rings.